The van der Waals surface area contributed by atoms with Gasteiger partial charge in [-0.05, 0) is 61.7 Å². The maximum Gasteiger partial charge on any atom is 0.416 e. The predicted octanol–water partition coefficient (Wildman–Crippen LogP) is 5.26. The Balaban J connectivity index is 1.61. The maximum absolute atomic E-state index is 13.1. The summed E-state index contributed by atoms with van der Waals surface area (Å²) in [5.41, 5.74) is -0.369. The number of aromatic nitrogens is 2. The summed E-state index contributed by atoms with van der Waals surface area (Å²) >= 11 is 0. The molecular weight excluding hydrogens is 402 g/mol. The zero-order valence-corrected chi connectivity index (χ0v) is 15.7. The van der Waals surface area contributed by atoms with Gasteiger partial charge in [0, 0.05) is 17.7 Å². The van der Waals surface area contributed by atoms with E-state index >= 15 is 0 Å². The molecule has 1 unspecified atom stereocenters. The van der Waals surface area contributed by atoms with Crippen LogP contribution >= 0.6 is 0 Å². The Hall–Kier alpha value is -3.23. The predicted molar refractivity (Wildman–Crippen MR) is 98.8 cm³/mol. The molecule has 0 aliphatic carbocycles. The lowest BCUT2D eigenvalue weighted by atomic mass is 10.00. The molecule has 0 saturated carbocycles. The molecule has 1 fully saturated rings. The molecule has 156 valence electrons. The van der Waals surface area contributed by atoms with Crippen molar-refractivity contribution in [2.24, 2.45) is 0 Å². The van der Waals surface area contributed by atoms with E-state index in [0.717, 1.165) is 25.0 Å². The van der Waals surface area contributed by atoms with Crippen molar-refractivity contribution in [3.05, 3.63) is 71.4 Å². The molecule has 1 saturated heterocycles. The number of nitrogens with zero attached hydrogens (tertiary/aromatic N) is 3. The molecule has 9 heteroatoms. The van der Waals surface area contributed by atoms with Gasteiger partial charge in [0.05, 0.1) is 5.56 Å². The van der Waals surface area contributed by atoms with Crippen LogP contribution in [0, 0.1) is 5.82 Å². The van der Waals surface area contributed by atoms with Crippen LogP contribution in [0.5, 0.6) is 0 Å². The molecule has 5 nitrogen and oxygen atoms in total. The van der Waals surface area contributed by atoms with E-state index in [-0.39, 0.29) is 17.3 Å². The Kier molecular flexibility index (Phi) is 5.27. The van der Waals surface area contributed by atoms with E-state index in [4.69, 9.17) is 4.52 Å². The minimum absolute atomic E-state index is 0.0463. The van der Waals surface area contributed by atoms with Crippen LogP contribution in [0.25, 0.3) is 11.4 Å². The second kappa shape index (κ2) is 7.89. The van der Waals surface area contributed by atoms with E-state index in [1.54, 1.807) is 0 Å². The lowest BCUT2D eigenvalue weighted by molar-refractivity contribution is -0.137. The number of benzene rings is 2. The number of alkyl halides is 3. The normalized spacial score (nSPS) is 17.2. The number of rotatable bonds is 3. The van der Waals surface area contributed by atoms with Crippen LogP contribution in [0.4, 0.5) is 17.6 Å². The number of hydrogen-bond acceptors (Lipinski definition) is 4. The van der Waals surface area contributed by atoms with Crippen molar-refractivity contribution in [3.63, 3.8) is 0 Å². The number of likely N-dealkylation sites (tertiary alicyclic amines) is 1. The fourth-order valence-corrected chi connectivity index (χ4v) is 3.51. The summed E-state index contributed by atoms with van der Waals surface area (Å²) in [5.74, 6) is -0.462. The van der Waals surface area contributed by atoms with Crippen molar-refractivity contribution in [3.8, 4) is 11.4 Å². The van der Waals surface area contributed by atoms with Crippen LogP contribution in [-0.4, -0.2) is 27.5 Å². The van der Waals surface area contributed by atoms with Gasteiger partial charge in [0.15, 0.2) is 0 Å². The number of amides is 1. The van der Waals surface area contributed by atoms with Gasteiger partial charge in [-0.25, -0.2) is 4.39 Å². The monoisotopic (exact) mass is 419 g/mol. The number of hydrogen-bond donors (Lipinski definition) is 0. The quantitative estimate of drug-likeness (QED) is 0.544. The van der Waals surface area contributed by atoms with Crippen molar-refractivity contribution in [2.75, 3.05) is 6.54 Å². The van der Waals surface area contributed by atoms with Crippen molar-refractivity contribution < 1.29 is 26.9 Å². The highest BCUT2D eigenvalue weighted by Crippen LogP contribution is 2.34. The minimum Gasteiger partial charge on any atom is -0.337 e. The van der Waals surface area contributed by atoms with Crippen LogP contribution in [0.1, 0.15) is 47.1 Å². The summed E-state index contributed by atoms with van der Waals surface area (Å²) < 4.78 is 57.5. The van der Waals surface area contributed by atoms with E-state index in [1.165, 1.54) is 41.3 Å². The third-order valence-electron chi connectivity index (χ3n) is 5.03. The van der Waals surface area contributed by atoms with Crippen LogP contribution < -0.4 is 0 Å². The first-order valence-corrected chi connectivity index (χ1v) is 9.41. The largest absolute Gasteiger partial charge is 0.416 e. The fourth-order valence-electron chi connectivity index (χ4n) is 3.51. The number of piperidine rings is 1. The summed E-state index contributed by atoms with van der Waals surface area (Å²) in [6, 6.07) is 9.39. The first kappa shape index (κ1) is 20.1. The van der Waals surface area contributed by atoms with Gasteiger partial charge in [0.2, 0.25) is 11.7 Å². The lowest BCUT2D eigenvalue weighted by Crippen LogP contribution is -2.38. The molecule has 1 amide bonds. The Morgan fingerprint density at radius 3 is 2.60 bits per heavy atom. The average Bonchev–Trinajstić information content (AvgIpc) is 3.23. The molecule has 30 heavy (non-hydrogen) atoms. The van der Waals surface area contributed by atoms with Gasteiger partial charge < -0.3 is 9.42 Å². The van der Waals surface area contributed by atoms with E-state index in [0.29, 0.717) is 18.5 Å². The van der Waals surface area contributed by atoms with Crippen LogP contribution in [0.15, 0.2) is 53.1 Å². The van der Waals surface area contributed by atoms with E-state index in [9.17, 15) is 22.4 Å². The van der Waals surface area contributed by atoms with Gasteiger partial charge in [0.25, 0.3) is 5.91 Å². The third-order valence-corrected chi connectivity index (χ3v) is 5.03. The highest BCUT2D eigenvalue weighted by atomic mass is 19.4. The Morgan fingerprint density at radius 2 is 1.87 bits per heavy atom. The fraction of sp³-hybridized carbons (Fsp3) is 0.286. The molecule has 1 aliphatic rings. The SMILES string of the molecule is O=C(c1cccc(C(F)(F)F)c1)N1CCCCC1c1nc(-c2ccc(F)cc2)no1. The zero-order valence-electron chi connectivity index (χ0n) is 15.7. The van der Waals surface area contributed by atoms with Gasteiger partial charge in [-0.2, -0.15) is 18.2 Å². The minimum atomic E-state index is -4.53. The van der Waals surface area contributed by atoms with E-state index in [2.05, 4.69) is 10.1 Å². The summed E-state index contributed by atoms with van der Waals surface area (Å²) in [6.45, 7) is 0.369. The van der Waals surface area contributed by atoms with Gasteiger partial charge in [-0.3, -0.25) is 4.79 Å². The highest BCUT2D eigenvalue weighted by Gasteiger charge is 2.35. The van der Waals surface area contributed by atoms with Crippen molar-refractivity contribution in [2.45, 2.75) is 31.5 Å². The molecule has 0 N–H and O–H groups in total. The van der Waals surface area contributed by atoms with Crippen molar-refractivity contribution in [1.82, 2.24) is 15.0 Å². The molecule has 2 heterocycles. The molecule has 1 aliphatic heterocycles. The Bertz CT molecular complexity index is 1050. The smallest absolute Gasteiger partial charge is 0.337 e. The summed E-state index contributed by atoms with van der Waals surface area (Å²) in [6.07, 6.45) is -2.45. The number of carbonyl (C=O) groups excluding carboxylic acids is 1. The summed E-state index contributed by atoms with van der Waals surface area (Å²) in [5, 5.41) is 3.91. The number of halogens is 4. The van der Waals surface area contributed by atoms with Gasteiger partial charge in [0.1, 0.15) is 11.9 Å². The van der Waals surface area contributed by atoms with E-state index in [1.807, 2.05) is 0 Å². The van der Waals surface area contributed by atoms with Crippen molar-refractivity contribution in [1.29, 1.82) is 0 Å². The molecule has 0 spiro atoms. The zero-order chi connectivity index (χ0) is 21.3. The molecule has 3 aromatic rings. The van der Waals surface area contributed by atoms with Gasteiger partial charge in [-0.1, -0.05) is 11.2 Å². The second-order valence-electron chi connectivity index (χ2n) is 7.05. The first-order valence-electron chi connectivity index (χ1n) is 9.41. The maximum atomic E-state index is 13.1. The van der Waals surface area contributed by atoms with Gasteiger partial charge in [-0.15, -0.1) is 0 Å². The standard InChI is InChI=1S/C21H17F4N3O2/c22-16-9-7-13(8-10-16)18-26-19(30-27-18)17-6-1-2-11-28(17)20(29)14-4-3-5-15(12-14)21(23,24)25/h3-5,7-10,12,17H,1-2,6,11H2. The summed E-state index contributed by atoms with van der Waals surface area (Å²) in [4.78, 5) is 18.8. The summed E-state index contributed by atoms with van der Waals surface area (Å²) in [7, 11) is 0. The lowest BCUT2D eigenvalue weighted by Gasteiger charge is -2.33. The molecule has 1 atom stereocenters. The first-order chi connectivity index (χ1) is 14.3. The molecule has 0 bridgehead atoms. The van der Waals surface area contributed by atoms with Crippen LogP contribution in [-0.2, 0) is 6.18 Å². The molecule has 0 radical (unpaired) electrons. The average molecular weight is 419 g/mol. The molecular formula is C21H17F4N3O2. The number of carbonyl (C=O) groups is 1. The Labute approximate surface area is 169 Å². The molecule has 2 aromatic carbocycles. The van der Waals surface area contributed by atoms with Crippen molar-refractivity contribution >= 4 is 5.91 Å². The molecule has 1 aromatic heterocycles. The highest BCUT2D eigenvalue weighted by molar-refractivity contribution is 5.94. The Morgan fingerprint density at radius 1 is 1.10 bits per heavy atom. The second-order valence-corrected chi connectivity index (χ2v) is 7.05. The third kappa shape index (κ3) is 4.05. The van der Waals surface area contributed by atoms with E-state index < -0.39 is 29.5 Å². The molecule has 4 rings (SSSR count). The van der Waals surface area contributed by atoms with Crippen LogP contribution in [0.2, 0.25) is 0 Å². The topological polar surface area (TPSA) is 59.2 Å². The van der Waals surface area contributed by atoms with Gasteiger partial charge >= 0.3 is 6.18 Å². The van der Waals surface area contributed by atoms with Crippen LogP contribution in [0.3, 0.4) is 0 Å².